The zero-order valence-corrected chi connectivity index (χ0v) is 18.4. The van der Waals surface area contributed by atoms with E-state index in [2.05, 4.69) is 121 Å². The molecule has 154 valence electrons. The molecule has 5 rings (SSSR count). The normalized spacial score (nSPS) is 11.3. The van der Waals surface area contributed by atoms with Crippen LogP contribution >= 0.6 is 11.6 Å². The highest BCUT2D eigenvalue weighted by atomic mass is 35.5. The summed E-state index contributed by atoms with van der Waals surface area (Å²) in [6, 6.07) is 48.8. The van der Waals surface area contributed by atoms with E-state index in [4.69, 9.17) is 11.6 Å². The number of rotatable bonds is 5. The first-order valence-electron chi connectivity index (χ1n) is 10.8. The van der Waals surface area contributed by atoms with Crippen LogP contribution in [0.2, 0.25) is 5.02 Å². The van der Waals surface area contributed by atoms with Crippen molar-refractivity contribution in [2.24, 2.45) is 0 Å². The summed E-state index contributed by atoms with van der Waals surface area (Å²) in [6.07, 6.45) is 0. The lowest BCUT2D eigenvalue weighted by Crippen LogP contribution is -2.32. The Bertz CT molecular complexity index is 1200. The fourth-order valence-electron chi connectivity index (χ4n) is 4.76. The third-order valence-electron chi connectivity index (χ3n) is 6.09. The molecule has 0 spiro atoms. The lowest BCUT2D eigenvalue weighted by molar-refractivity contribution is 0.747. The monoisotopic (exact) mass is 430 g/mol. The molecule has 0 nitrogen and oxygen atoms in total. The highest BCUT2D eigenvalue weighted by Crippen LogP contribution is 2.50. The Morgan fingerprint density at radius 2 is 0.812 bits per heavy atom. The van der Waals surface area contributed by atoms with Crippen LogP contribution in [0.4, 0.5) is 0 Å². The highest BCUT2D eigenvalue weighted by molar-refractivity contribution is 6.32. The van der Waals surface area contributed by atoms with E-state index < -0.39 is 5.41 Å². The molecular weight excluding hydrogens is 408 g/mol. The van der Waals surface area contributed by atoms with E-state index in [9.17, 15) is 0 Å². The van der Waals surface area contributed by atoms with E-state index in [1.807, 2.05) is 18.2 Å². The van der Waals surface area contributed by atoms with Crippen LogP contribution in [0.1, 0.15) is 22.3 Å². The van der Waals surface area contributed by atoms with E-state index in [1.54, 1.807) is 0 Å². The quantitative estimate of drug-likeness (QED) is 0.245. The summed E-state index contributed by atoms with van der Waals surface area (Å²) in [5.41, 5.74) is 6.35. The average Bonchev–Trinajstić information content (AvgIpc) is 2.88. The summed E-state index contributed by atoms with van der Waals surface area (Å²) in [7, 11) is 0. The Kier molecular flexibility index (Phi) is 5.62. The molecule has 0 radical (unpaired) electrons. The lowest BCUT2D eigenvalue weighted by atomic mass is 9.63. The molecule has 0 atom stereocenters. The minimum absolute atomic E-state index is 0.576. The minimum Gasteiger partial charge on any atom is -0.0840 e. The Hall–Kier alpha value is -3.61. The van der Waals surface area contributed by atoms with E-state index in [0.717, 1.165) is 21.7 Å². The molecule has 0 fully saturated rings. The van der Waals surface area contributed by atoms with Crippen LogP contribution < -0.4 is 0 Å². The van der Waals surface area contributed by atoms with Crippen LogP contribution in [0.5, 0.6) is 0 Å². The molecule has 0 aliphatic carbocycles. The summed E-state index contributed by atoms with van der Waals surface area (Å²) in [5, 5.41) is 0.753. The van der Waals surface area contributed by atoms with E-state index >= 15 is 0 Å². The van der Waals surface area contributed by atoms with E-state index in [0.29, 0.717) is 0 Å². The van der Waals surface area contributed by atoms with Crippen LogP contribution in [0, 0.1) is 0 Å². The van der Waals surface area contributed by atoms with Gasteiger partial charge in [-0.1, -0.05) is 145 Å². The molecule has 0 bridgehead atoms. The van der Waals surface area contributed by atoms with Crippen LogP contribution in [0.15, 0.2) is 140 Å². The molecule has 0 aromatic heterocycles. The van der Waals surface area contributed by atoms with Gasteiger partial charge in [0.15, 0.2) is 0 Å². The van der Waals surface area contributed by atoms with Crippen molar-refractivity contribution in [1.29, 1.82) is 0 Å². The van der Waals surface area contributed by atoms with Gasteiger partial charge in [0.2, 0.25) is 0 Å². The minimum atomic E-state index is -0.576. The second-order valence-corrected chi connectivity index (χ2v) is 8.28. The number of hydrogen-bond donors (Lipinski definition) is 0. The molecule has 0 aliphatic rings. The van der Waals surface area contributed by atoms with Crippen molar-refractivity contribution in [3.8, 4) is 11.1 Å². The fraction of sp³-hybridized carbons (Fsp3) is 0.0323. The van der Waals surface area contributed by atoms with Gasteiger partial charge in [-0.15, -0.1) is 0 Å². The standard InChI is InChI=1S/C31H23Cl/c32-29-23-13-22-28(24-14-5-1-6-15-24)30(29)31(25-16-7-2-8-17-25,26-18-9-3-10-19-26)27-20-11-4-12-21-27/h1-23H. The van der Waals surface area contributed by atoms with Crippen molar-refractivity contribution < 1.29 is 0 Å². The molecule has 1 heteroatoms. The van der Waals surface area contributed by atoms with Crippen LogP contribution in [-0.4, -0.2) is 0 Å². The molecule has 32 heavy (non-hydrogen) atoms. The maximum Gasteiger partial charge on any atom is 0.0722 e. The van der Waals surface area contributed by atoms with Gasteiger partial charge in [-0.05, 0) is 39.4 Å². The SMILES string of the molecule is Clc1cccc(-c2ccccc2)c1C(c1ccccc1)(c1ccccc1)c1ccccc1. The second kappa shape index (κ2) is 8.86. The predicted octanol–water partition coefficient (Wildman–Crippen LogP) is 8.39. The van der Waals surface area contributed by atoms with Gasteiger partial charge in [0.1, 0.15) is 0 Å². The molecule has 0 saturated heterocycles. The lowest BCUT2D eigenvalue weighted by Gasteiger charge is -2.39. The molecule has 0 saturated carbocycles. The Morgan fingerprint density at radius 1 is 0.406 bits per heavy atom. The van der Waals surface area contributed by atoms with E-state index in [-0.39, 0.29) is 0 Å². The number of hydrogen-bond acceptors (Lipinski definition) is 0. The zero-order valence-electron chi connectivity index (χ0n) is 17.7. The van der Waals surface area contributed by atoms with Crippen molar-refractivity contribution in [3.05, 3.63) is 167 Å². The van der Waals surface area contributed by atoms with Crippen molar-refractivity contribution in [1.82, 2.24) is 0 Å². The predicted molar refractivity (Wildman–Crippen MR) is 135 cm³/mol. The van der Waals surface area contributed by atoms with Gasteiger partial charge in [0.25, 0.3) is 0 Å². The number of halogens is 1. The maximum atomic E-state index is 7.11. The van der Waals surface area contributed by atoms with Crippen molar-refractivity contribution in [3.63, 3.8) is 0 Å². The summed E-state index contributed by atoms with van der Waals surface area (Å²) in [4.78, 5) is 0. The molecule has 0 aliphatic heterocycles. The van der Waals surface area contributed by atoms with Crippen LogP contribution in [0.25, 0.3) is 11.1 Å². The molecule has 0 heterocycles. The molecule has 5 aromatic rings. The van der Waals surface area contributed by atoms with Gasteiger partial charge in [0, 0.05) is 5.02 Å². The third kappa shape index (κ3) is 3.43. The number of benzene rings is 5. The van der Waals surface area contributed by atoms with Crippen molar-refractivity contribution >= 4 is 11.6 Å². The van der Waals surface area contributed by atoms with Gasteiger partial charge >= 0.3 is 0 Å². The van der Waals surface area contributed by atoms with Crippen molar-refractivity contribution in [2.75, 3.05) is 0 Å². The first-order chi connectivity index (χ1) is 15.8. The first kappa shape index (κ1) is 20.3. The first-order valence-corrected chi connectivity index (χ1v) is 11.2. The van der Waals surface area contributed by atoms with Crippen molar-refractivity contribution in [2.45, 2.75) is 5.41 Å². The largest absolute Gasteiger partial charge is 0.0840 e. The topological polar surface area (TPSA) is 0 Å². The maximum absolute atomic E-state index is 7.11. The zero-order chi connectivity index (χ0) is 21.8. The molecule has 0 amide bonds. The van der Waals surface area contributed by atoms with Gasteiger partial charge in [-0.25, -0.2) is 0 Å². The summed E-state index contributed by atoms with van der Waals surface area (Å²) >= 11 is 7.11. The Labute approximate surface area is 194 Å². The van der Waals surface area contributed by atoms with Gasteiger partial charge in [-0.3, -0.25) is 0 Å². The third-order valence-corrected chi connectivity index (χ3v) is 6.41. The second-order valence-electron chi connectivity index (χ2n) is 7.88. The Morgan fingerprint density at radius 3 is 1.25 bits per heavy atom. The summed E-state index contributed by atoms with van der Waals surface area (Å²) in [6.45, 7) is 0. The molecule has 5 aromatic carbocycles. The molecule has 0 unspecified atom stereocenters. The van der Waals surface area contributed by atoms with Gasteiger partial charge < -0.3 is 0 Å². The summed E-state index contributed by atoms with van der Waals surface area (Å²) in [5.74, 6) is 0. The summed E-state index contributed by atoms with van der Waals surface area (Å²) < 4.78 is 0. The molecule has 0 N–H and O–H groups in total. The molecular formula is C31H23Cl. The Balaban J connectivity index is 1.98. The van der Waals surface area contributed by atoms with Crippen LogP contribution in [-0.2, 0) is 5.41 Å². The smallest absolute Gasteiger partial charge is 0.0722 e. The van der Waals surface area contributed by atoms with E-state index in [1.165, 1.54) is 16.7 Å². The highest BCUT2D eigenvalue weighted by Gasteiger charge is 2.41. The van der Waals surface area contributed by atoms with Crippen LogP contribution in [0.3, 0.4) is 0 Å². The van der Waals surface area contributed by atoms with Gasteiger partial charge in [0.05, 0.1) is 5.41 Å². The van der Waals surface area contributed by atoms with Gasteiger partial charge in [-0.2, -0.15) is 0 Å². The average molecular weight is 431 g/mol. The fourth-order valence-corrected chi connectivity index (χ4v) is 5.08.